The standard InChI is InChI=1S/C9H14ClN3O2/c1-9(2,3)8-12-6(13-15-8)5-11-7(14)4-10/h4-5H2,1-3H3,(H,11,14). The molecule has 1 rings (SSSR count). The van der Waals surface area contributed by atoms with Gasteiger partial charge in [-0.2, -0.15) is 4.98 Å². The molecule has 6 heteroatoms. The lowest BCUT2D eigenvalue weighted by Gasteiger charge is -2.10. The van der Waals surface area contributed by atoms with Gasteiger partial charge >= 0.3 is 0 Å². The molecule has 15 heavy (non-hydrogen) atoms. The summed E-state index contributed by atoms with van der Waals surface area (Å²) in [4.78, 5) is 15.0. The van der Waals surface area contributed by atoms with Crippen molar-refractivity contribution in [3.05, 3.63) is 11.7 Å². The summed E-state index contributed by atoms with van der Waals surface area (Å²) in [6, 6.07) is 0. The van der Waals surface area contributed by atoms with Crippen molar-refractivity contribution in [3.63, 3.8) is 0 Å². The molecule has 0 bridgehead atoms. The van der Waals surface area contributed by atoms with Crippen molar-refractivity contribution in [2.45, 2.75) is 32.7 Å². The molecule has 1 amide bonds. The van der Waals surface area contributed by atoms with Gasteiger partial charge in [0.15, 0.2) is 5.82 Å². The highest BCUT2D eigenvalue weighted by Gasteiger charge is 2.21. The highest BCUT2D eigenvalue weighted by molar-refractivity contribution is 6.27. The Balaban J connectivity index is 2.58. The third-order valence-electron chi connectivity index (χ3n) is 1.67. The van der Waals surface area contributed by atoms with E-state index in [0.29, 0.717) is 11.7 Å². The molecule has 0 radical (unpaired) electrons. The maximum atomic E-state index is 10.9. The van der Waals surface area contributed by atoms with Crippen molar-refractivity contribution in [1.29, 1.82) is 0 Å². The van der Waals surface area contributed by atoms with Crippen LogP contribution in [0.3, 0.4) is 0 Å². The number of nitrogens with zero attached hydrogens (tertiary/aromatic N) is 2. The Labute approximate surface area is 93.2 Å². The molecule has 0 saturated carbocycles. The van der Waals surface area contributed by atoms with Gasteiger partial charge in [0.1, 0.15) is 5.88 Å². The molecule has 5 nitrogen and oxygen atoms in total. The summed E-state index contributed by atoms with van der Waals surface area (Å²) < 4.78 is 5.05. The fourth-order valence-corrected chi connectivity index (χ4v) is 0.950. The van der Waals surface area contributed by atoms with Crippen LogP contribution in [-0.2, 0) is 16.8 Å². The molecule has 0 aliphatic rings. The second-order valence-electron chi connectivity index (χ2n) is 4.18. The fraction of sp³-hybridized carbons (Fsp3) is 0.667. The Kier molecular flexibility index (Phi) is 3.68. The van der Waals surface area contributed by atoms with Gasteiger partial charge in [-0.3, -0.25) is 4.79 Å². The minimum atomic E-state index is -0.251. The van der Waals surface area contributed by atoms with E-state index >= 15 is 0 Å². The number of amides is 1. The van der Waals surface area contributed by atoms with Crippen molar-refractivity contribution in [2.75, 3.05) is 5.88 Å². The number of halogens is 1. The number of carbonyl (C=O) groups excluding carboxylic acids is 1. The Morgan fingerprint density at radius 1 is 1.53 bits per heavy atom. The van der Waals surface area contributed by atoms with Crippen LogP contribution >= 0.6 is 11.6 Å². The molecule has 0 saturated heterocycles. The number of aromatic nitrogens is 2. The Morgan fingerprint density at radius 3 is 2.67 bits per heavy atom. The van der Waals surface area contributed by atoms with Crippen molar-refractivity contribution >= 4 is 17.5 Å². The van der Waals surface area contributed by atoms with E-state index in [9.17, 15) is 4.79 Å². The number of carbonyl (C=O) groups is 1. The Bertz CT molecular complexity index is 343. The van der Waals surface area contributed by atoms with Gasteiger partial charge in [0, 0.05) is 5.41 Å². The largest absolute Gasteiger partial charge is 0.348 e. The van der Waals surface area contributed by atoms with E-state index in [0.717, 1.165) is 0 Å². The zero-order valence-corrected chi connectivity index (χ0v) is 9.76. The van der Waals surface area contributed by atoms with Gasteiger partial charge < -0.3 is 9.84 Å². The highest BCUT2D eigenvalue weighted by Crippen LogP contribution is 2.19. The normalized spacial score (nSPS) is 11.5. The summed E-state index contributed by atoms with van der Waals surface area (Å²) in [5.74, 6) is 0.694. The second-order valence-corrected chi connectivity index (χ2v) is 4.44. The number of hydrogen-bond donors (Lipinski definition) is 1. The topological polar surface area (TPSA) is 68.0 Å². The molecule has 0 fully saturated rings. The average molecular weight is 232 g/mol. The maximum Gasteiger partial charge on any atom is 0.235 e. The van der Waals surface area contributed by atoms with Crippen LogP contribution in [0.25, 0.3) is 0 Å². The smallest absolute Gasteiger partial charge is 0.235 e. The lowest BCUT2D eigenvalue weighted by atomic mass is 9.97. The molecular weight excluding hydrogens is 218 g/mol. The van der Waals surface area contributed by atoms with Gasteiger partial charge in [-0.1, -0.05) is 25.9 Å². The van der Waals surface area contributed by atoms with Crippen LogP contribution in [0.15, 0.2) is 4.52 Å². The van der Waals surface area contributed by atoms with E-state index in [1.54, 1.807) is 0 Å². The number of alkyl halides is 1. The van der Waals surface area contributed by atoms with Gasteiger partial charge in [0.2, 0.25) is 11.8 Å². The fourth-order valence-electron chi connectivity index (χ4n) is 0.855. The lowest BCUT2D eigenvalue weighted by Crippen LogP contribution is -2.24. The zero-order chi connectivity index (χ0) is 11.5. The summed E-state index contributed by atoms with van der Waals surface area (Å²) in [6.07, 6.45) is 0. The third kappa shape index (κ3) is 3.51. The van der Waals surface area contributed by atoms with E-state index < -0.39 is 0 Å². The zero-order valence-electron chi connectivity index (χ0n) is 9.00. The van der Waals surface area contributed by atoms with Crippen LogP contribution in [0.5, 0.6) is 0 Å². The number of rotatable bonds is 3. The molecule has 1 aromatic rings. The summed E-state index contributed by atoms with van der Waals surface area (Å²) in [6.45, 7) is 6.16. The SMILES string of the molecule is CC(C)(C)c1nc(CNC(=O)CCl)no1. The van der Waals surface area contributed by atoms with Crippen molar-refractivity contribution in [2.24, 2.45) is 0 Å². The molecular formula is C9H14ClN3O2. The van der Waals surface area contributed by atoms with Gasteiger partial charge in [0.05, 0.1) is 6.54 Å². The minimum absolute atomic E-state index is 0.0655. The Hall–Kier alpha value is -1.10. The van der Waals surface area contributed by atoms with Crippen LogP contribution in [0.4, 0.5) is 0 Å². The van der Waals surface area contributed by atoms with Gasteiger partial charge in [-0.15, -0.1) is 11.6 Å². The predicted octanol–water partition coefficient (Wildman–Crippen LogP) is 1.22. The second kappa shape index (κ2) is 4.61. The van der Waals surface area contributed by atoms with E-state index in [-0.39, 0.29) is 23.7 Å². The van der Waals surface area contributed by atoms with Crippen molar-refractivity contribution in [1.82, 2.24) is 15.5 Å². The first kappa shape index (κ1) is 12.0. The van der Waals surface area contributed by atoms with Crippen LogP contribution < -0.4 is 5.32 Å². The quantitative estimate of drug-likeness (QED) is 0.795. The van der Waals surface area contributed by atoms with Crippen LogP contribution in [-0.4, -0.2) is 21.9 Å². The summed E-state index contributed by atoms with van der Waals surface area (Å²) in [5.41, 5.74) is -0.179. The Morgan fingerprint density at radius 2 is 2.20 bits per heavy atom. The molecule has 1 N–H and O–H groups in total. The summed E-state index contributed by atoms with van der Waals surface area (Å²) >= 11 is 5.32. The molecule has 0 unspecified atom stereocenters. The first-order valence-electron chi connectivity index (χ1n) is 4.59. The molecule has 0 aromatic carbocycles. The van der Waals surface area contributed by atoms with Crippen LogP contribution in [0.2, 0.25) is 0 Å². The number of hydrogen-bond acceptors (Lipinski definition) is 4. The molecule has 1 aromatic heterocycles. The van der Waals surface area contributed by atoms with Gasteiger partial charge in [0.25, 0.3) is 0 Å². The highest BCUT2D eigenvalue weighted by atomic mass is 35.5. The van der Waals surface area contributed by atoms with E-state index in [2.05, 4.69) is 15.5 Å². The van der Waals surface area contributed by atoms with E-state index in [4.69, 9.17) is 16.1 Å². The average Bonchev–Trinajstić information content (AvgIpc) is 2.61. The van der Waals surface area contributed by atoms with Crippen molar-refractivity contribution < 1.29 is 9.32 Å². The van der Waals surface area contributed by atoms with E-state index in [1.807, 2.05) is 20.8 Å². The molecule has 0 spiro atoms. The molecule has 0 atom stereocenters. The number of nitrogens with one attached hydrogen (secondary N) is 1. The molecule has 1 heterocycles. The molecule has 0 aliphatic heterocycles. The predicted molar refractivity (Wildman–Crippen MR) is 55.6 cm³/mol. The summed E-state index contributed by atoms with van der Waals surface area (Å²) in [5, 5.41) is 6.30. The monoisotopic (exact) mass is 231 g/mol. The van der Waals surface area contributed by atoms with Crippen molar-refractivity contribution in [3.8, 4) is 0 Å². The molecule has 84 valence electrons. The minimum Gasteiger partial charge on any atom is -0.348 e. The molecule has 0 aliphatic carbocycles. The lowest BCUT2D eigenvalue weighted by molar-refractivity contribution is -0.118. The summed E-state index contributed by atoms with van der Waals surface area (Å²) in [7, 11) is 0. The van der Waals surface area contributed by atoms with Gasteiger partial charge in [-0.05, 0) is 0 Å². The van der Waals surface area contributed by atoms with Crippen LogP contribution in [0.1, 0.15) is 32.5 Å². The maximum absolute atomic E-state index is 10.9. The van der Waals surface area contributed by atoms with Crippen LogP contribution in [0, 0.1) is 0 Å². The first-order valence-corrected chi connectivity index (χ1v) is 5.12. The third-order valence-corrected chi connectivity index (χ3v) is 1.92. The van der Waals surface area contributed by atoms with E-state index in [1.165, 1.54) is 0 Å². The first-order chi connectivity index (χ1) is 6.93. The van der Waals surface area contributed by atoms with Gasteiger partial charge in [-0.25, -0.2) is 0 Å².